The van der Waals surface area contributed by atoms with Gasteiger partial charge in [0.25, 0.3) is 5.56 Å². The highest BCUT2D eigenvalue weighted by atomic mass is 19.1. The lowest BCUT2D eigenvalue weighted by Crippen LogP contribution is -2.48. The molecule has 3 heterocycles. The second kappa shape index (κ2) is 8.43. The van der Waals surface area contributed by atoms with Crippen molar-refractivity contribution >= 4 is 28.5 Å². The zero-order valence-electron chi connectivity index (χ0n) is 19.3. The number of hydrogen-bond acceptors (Lipinski definition) is 5. The van der Waals surface area contributed by atoms with Gasteiger partial charge in [-0.1, -0.05) is 35.1 Å². The van der Waals surface area contributed by atoms with E-state index in [2.05, 4.69) is 0 Å². The maximum Gasteiger partial charge on any atom is 0.407 e. The number of nitrogens with zero attached hydrogens (tertiary/aromatic N) is 5. The number of amides is 1. The van der Waals surface area contributed by atoms with E-state index in [-0.39, 0.29) is 25.7 Å². The molecule has 2 aromatic heterocycles. The zero-order chi connectivity index (χ0) is 25.0. The first-order valence-corrected chi connectivity index (χ1v) is 11.8. The summed E-state index contributed by atoms with van der Waals surface area (Å²) in [6, 6.07) is 13.7. The molecule has 10 nitrogen and oxygen atoms in total. The lowest BCUT2D eigenvalue weighted by atomic mass is 10.2. The highest BCUT2D eigenvalue weighted by molar-refractivity contribution is 5.85. The van der Waals surface area contributed by atoms with Crippen LogP contribution in [0.4, 0.5) is 14.9 Å². The van der Waals surface area contributed by atoms with E-state index < -0.39 is 23.2 Å². The maximum atomic E-state index is 15.4. The number of anilines is 1. The third-order valence-electron chi connectivity index (χ3n) is 6.84. The molecule has 0 bridgehead atoms. The van der Waals surface area contributed by atoms with Crippen LogP contribution in [0.25, 0.3) is 16.7 Å². The Hall–Kier alpha value is -4.28. The summed E-state index contributed by atoms with van der Waals surface area (Å²) in [5, 5.41) is 9.21. The van der Waals surface area contributed by atoms with E-state index in [1.807, 2.05) is 39.8 Å². The number of hydrogen-bond donors (Lipinski definition) is 1. The molecule has 2 aliphatic rings. The summed E-state index contributed by atoms with van der Waals surface area (Å²) in [5.74, 6) is -0.518. The van der Waals surface area contributed by atoms with E-state index in [1.54, 1.807) is 6.07 Å². The standard InChI is InChI=1S/C25H24FN5O5/c26-18-12-20-21(13-19(18)27-8-10-28(11-9-27)25(34)35)29(17-6-7-17)22-14-23(32)31(24(33)30(20)22)36-15-16-4-2-1-3-5-16/h1-5,12-14,17H,6-11,15H2,(H,34,35). The molecule has 36 heavy (non-hydrogen) atoms. The molecule has 1 aliphatic carbocycles. The van der Waals surface area contributed by atoms with E-state index >= 15 is 4.39 Å². The number of imidazole rings is 1. The average Bonchev–Trinajstić information content (AvgIpc) is 3.66. The van der Waals surface area contributed by atoms with Crippen LogP contribution in [0.3, 0.4) is 0 Å². The molecule has 4 aromatic rings. The summed E-state index contributed by atoms with van der Waals surface area (Å²) >= 11 is 0. The Bertz CT molecular complexity index is 1600. The van der Waals surface area contributed by atoms with E-state index in [0.29, 0.717) is 40.2 Å². The van der Waals surface area contributed by atoms with E-state index in [4.69, 9.17) is 4.84 Å². The Morgan fingerprint density at radius 1 is 1.00 bits per heavy atom. The first kappa shape index (κ1) is 22.2. The highest BCUT2D eigenvalue weighted by Crippen LogP contribution is 2.40. The molecule has 2 aromatic carbocycles. The molecule has 0 radical (unpaired) electrons. The van der Waals surface area contributed by atoms with Crippen LogP contribution in [0, 0.1) is 5.82 Å². The Morgan fingerprint density at radius 2 is 1.72 bits per heavy atom. The summed E-state index contributed by atoms with van der Waals surface area (Å²) < 4.78 is 19.4. The molecule has 1 aliphatic heterocycles. The van der Waals surface area contributed by atoms with Crippen molar-refractivity contribution < 1.29 is 19.1 Å². The minimum Gasteiger partial charge on any atom is -0.465 e. The fourth-order valence-electron chi connectivity index (χ4n) is 4.89. The maximum absolute atomic E-state index is 15.4. The van der Waals surface area contributed by atoms with Crippen molar-refractivity contribution in [3.8, 4) is 0 Å². The van der Waals surface area contributed by atoms with Crippen molar-refractivity contribution in [2.24, 2.45) is 0 Å². The fraction of sp³-hybridized carbons (Fsp3) is 0.320. The quantitative estimate of drug-likeness (QED) is 0.458. The monoisotopic (exact) mass is 493 g/mol. The molecule has 0 spiro atoms. The zero-order valence-corrected chi connectivity index (χ0v) is 19.3. The van der Waals surface area contributed by atoms with Crippen LogP contribution in [-0.4, -0.2) is 56.0 Å². The Balaban J connectivity index is 1.46. The number of fused-ring (bicyclic) bond motifs is 3. The summed E-state index contributed by atoms with van der Waals surface area (Å²) in [4.78, 5) is 46.3. The van der Waals surface area contributed by atoms with Crippen molar-refractivity contribution in [1.82, 2.24) is 18.6 Å². The van der Waals surface area contributed by atoms with Gasteiger partial charge in [-0.2, -0.15) is 0 Å². The van der Waals surface area contributed by atoms with Gasteiger partial charge in [-0.25, -0.2) is 18.4 Å². The predicted octanol–water partition coefficient (Wildman–Crippen LogP) is 2.32. The van der Waals surface area contributed by atoms with Gasteiger partial charge in [-0.3, -0.25) is 4.79 Å². The van der Waals surface area contributed by atoms with E-state index in [0.717, 1.165) is 18.4 Å². The smallest absolute Gasteiger partial charge is 0.407 e. The van der Waals surface area contributed by atoms with Gasteiger partial charge in [0, 0.05) is 44.4 Å². The molecule has 1 saturated carbocycles. The van der Waals surface area contributed by atoms with Crippen LogP contribution in [0.15, 0.2) is 58.1 Å². The van der Waals surface area contributed by atoms with Crippen molar-refractivity contribution in [3.05, 3.63) is 80.7 Å². The summed E-state index contributed by atoms with van der Waals surface area (Å²) in [6.45, 7) is 1.29. The Labute approximate surface area is 203 Å². The second-order valence-electron chi connectivity index (χ2n) is 9.16. The van der Waals surface area contributed by atoms with Crippen LogP contribution in [0.1, 0.15) is 24.4 Å². The summed E-state index contributed by atoms with van der Waals surface area (Å²) in [7, 11) is 0. The van der Waals surface area contributed by atoms with Crippen LogP contribution >= 0.6 is 0 Å². The number of aromatic nitrogens is 3. The largest absolute Gasteiger partial charge is 0.465 e. The number of piperazine rings is 1. The van der Waals surface area contributed by atoms with E-state index in [9.17, 15) is 19.5 Å². The van der Waals surface area contributed by atoms with E-state index in [1.165, 1.54) is 21.4 Å². The topological polar surface area (TPSA) is 101 Å². The summed E-state index contributed by atoms with van der Waals surface area (Å²) in [5.41, 5.74) is 1.26. The van der Waals surface area contributed by atoms with Crippen LogP contribution in [-0.2, 0) is 6.61 Å². The van der Waals surface area contributed by atoms with Gasteiger partial charge in [0.2, 0.25) is 0 Å². The minimum absolute atomic E-state index is 0.0319. The molecule has 1 N–H and O–H groups in total. The van der Waals surface area contributed by atoms with Gasteiger partial charge >= 0.3 is 11.8 Å². The molecule has 11 heteroatoms. The molecular weight excluding hydrogens is 469 g/mol. The van der Waals surface area contributed by atoms with Crippen LogP contribution in [0.5, 0.6) is 0 Å². The minimum atomic E-state index is -0.991. The summed E-state index contributed by atoms with van der Waals surface area (Å²) in [6.07, 6.45) is 0.797. The van der Waals surface area contributed by atoms with Crippen molar-refractivity contribution in [2.75, 3.05) is 31.1 Å². The first-order valence-electron chi connectivity index (χ1n) is 11.8. The van der Waals surface area contributed by atoms with Gasteiger partial charge in [0.05, 0.1) is 16.7 Å². The van der Waals surface area contributed by atoms with Gasteiger partial charge in [-0.15, -0.1) is 0 Å². The van der Waals surface area contributed by atoms with Gasteiger partial charge < -0.3 is 24.3 Å². The Morgan fingerprint density at radius 3 is 2.39 bits per heavy atom. The van der Waals surface area contributed by atoms with Crippen molar-refractivity contribution in [3.63, 3.8) is 0 Å². The van der Waals surface area contributed by atoms with Gasteiger partial charge in [0.15, 0.2) is 0 Å². The lowest BCUT2D eigenvalue weighted by Gasteiger charge is -2.34. The molecule has 1 saturated heterocycles. The molecule has 2 fully saturated rings. The molecule has 0 unspecified atom stereocenters. The predicted molar refractivity (Wildman–Crippen MR) is 130 cm³/mol. The second-order valence-corrected chi connectivity index (χ2v) is 9.16. The Kier molecular flexibility index (Phi) is 5.20. The van der Waals surface area contributed by atoms with Gasteiger partial charge in [-0.05, 0) is 24.5 Å². The van der Waals surface area contributed by atoms with Crippen molar-refractivity contribution in [2.45, 2.75) is 25.5 Å². The van der Waals surface area contributed by atoms with Gasteiger partial charge in [0.1, 0.15) is 18.1 Å². The average molecular weight is 493 g/mol. The molecule has 0 atom stereocenters. The third-order valence-corrected chi connectivity index (χ3v) is 6.84. The number of carboxylic acid groups (broad SMARTS) is 1. The molecule has 1 amide bonds. The fourth-order valence-corrected chi connectivity index (χ4v) is 4.89. The third kappa shape index (κ3) is 3.67. The SMILES string of the molecule is O=C(O)N1CCN(c2cc3c(cc2F)n2c(=O)n(OCc4ccccc4)c(=O)cc2n3C2CC2)CC1. The molecule has 6 rings (SSSR count). The number of rotatable bonds is 5. The number of carbonyl (C=O) groups is 1. The number of benzene rings is 2. The van der Waals surface area contributed by atoms with Crippen molar-refractivity contribution in [1.29, 1.82) is 0 Å². The molecule has 186 valence electrons. The normalized spacial score (nSPS) is 16.1. The van der Waals surface area contributed by atoms with Crippen LogP contribution in [0.2, 0.25) is 0 Å². The number of halogens is 1. The lowest BCUT2D eigenvalue weighted by molar-refractivity contribution is 0.0785. The first-order chi connectivity index (χ1) is 17.4. The van der Waals surface area contributed by atoms with Crippen LogP contribution < -0.4 is 21.0 Å². The molecular formula is C25H24FN5O5. The highest BCUT2D eigenvalue weighted by Gasteiger charge is 2.31.